The zero-order valence-corrected chi connectivity index (χ0v) is 11.1. The molecule has 0 aromatic heterocycles. The van der Waals surface area contributed by atoms with Crippen LogP contribution in [-0.2, 0) is 4.79 Å². The Labute approximate surface area is 108 Å². The Morgan fingerprint density at radius 3 is 2.67 bits per heavy atom. The van der Waals surface area contributed by atoms with Crippen molar-refractivity contribution in [1.82, 2.24) is 0 Å². The number of hydrogen-bond donors (Lipinski definition) is 0. The summed E-state index contributed by atoms with van der Waals surface area (Å²) in [6, 6.07) is 7.82. The van der Waals surface area contributed by atoms with Crippen molar-refractivity contribution in [2.24, 2.45) is 0 Å². The van der Waals surface area contributed by atoms with Gasteiger partial charge in [0.2, 0.25) is 5.24 Å². The van der Waals surface area contributed by atoms with Crippen LogP contribution in [-0.4, -0.2) is 5.24 Å². The average Bonchev–Trinajstić information content (AvgIpc) is 2.17. The molecule has 1 rings (SSSR count). The lowest BCUT2D eigenvalue weighted by molar-refractivity contribution is -0.111. The molecule has 0 amide bonds. The Hall–Kier alpha value is -0.0500. The summed E-state index contributed by atoms with van der Waals surface area (Å²) < 4.78 is 1.00. The van der Waals surface area contributed by atoms with Gasteiger partial charge in [0.15, 0.2) is 0 Å². The zero-order chi connectivity index (χ0) is 11.3. The molecule has 0 saturated heterocycles. The highest BCUT2D eigenvalue weighted by molar-refractivity contribution is 9.10. The molecule has 0 radical (unpaired) electrons. The Morgan fingerprint density at radius 2 is 2.07 bits per heavy atom. The minimum atomic E-state index is -0.300. The molecule has 0 aliphatic heterocycles. The lowest BCUT2D eigenvalue weighted by atomic mass is 10.1. The topological polar surface area (TPSA) is 17.1 Å². The van der Waals surface area contributed by atoms with Crippen molar-refractivity contribution in [2.45, 2.75) is 24.6 Å². The lowest BCUT2D eigenvalue weighted by Crippen LogP contribution is -1.94. The molecule has 82 valence electrons. The quantitative estimate of drug-likeness (QED) is 0.571. The van der Waals surface area contributed by atoms with Gasteiger partial charge in [0.05, 0.1) is 5.38 Å². The molecule has 4 heteroatoms. The molecule has 0 bridgehead atoms. The zero-order valence-electron chi connectivity index (χ0n) is 8.05. The van der Waals surface area contributed by atoms with Crippen LogP contribution in [0.3, 0.4) is 0 Å². The van der Waals surface area contributed by atoms with Crippen LogP contribution in [0.2, 0.25) is 0 Å². The van der Waals surface area contributed by atoms with E-state index in [4.69, 9.17) is 23.2 Å². The van der Waals surface area contributed by atoms with E-state index in [1.54, 1.807) is 0 Å². The van der Waals surface area contributed by atoms with Gasteiger partial charge in [-0.15, -0.1) is 11.6 Å². The van der Waals surface area contributed by atoms with E-state index in [9.17, 15) is 4.79 Å². The highest BCUT2D eigenvalue weighted by atomic mass is 79.9. The van der Waals surface area contributed by atoms with E-state index in [2.05, 4.69) is 15.9 Å². The van der Waals surface area contributed by atoms with E-state index in [0.717, 1.165) is 22.9 Å². The smallest absolute Gasteiger partial charge is 0.221 e. The summed E-state index contributed by atoms with van der Waals surface area (Å²) in [7, 11) is 0. The molecule has 0 fully saturated rings. The summed E-state index contributed by atoms with van der Waals surface area (Å²) in [5, 5.41) is -0.373. The van der Waals surface area contributed by atoms with E-state index in [1.807, 2.05) is 24.3 Å². The number of halogens is 3. The summed E-state index contributed by atoms with van der Waals surface area (Å²) in [6.07, 6.45) is 1.86. The van der Waals surface area contributed by atoms with Crippen molar-refractivity contribution in [3.05, 3.63) is 34.3 Å². The largest absolute Gasteiger partial charge is 0.281 e. The van der Waals surface area contributed by atoms with Gasteiger partial charge in [0, 0.05) is 10.9 Å². The molecule has 0 saturated carbocycles. The van der Waals surface area contributed by atoms with Gasteiger partial charge < -0.3 is 0 Å². The molecule has 1 unspecified atom stereocenters. The maximum absolute atomic E-state index is 10.5. The van der Waals surface area contributed by atoms with E-state index < -0.39 is 0 Å². The van der Waals surface area contributed by atoms with Crippen LogP contribution in [0.1, 0.15) is 30.2 Å². The van der Waals surface area contributed by atoms with E-state index >= 15 is 0 Å². The summed E-state index contributed by atoms with van der Waals surface area (Å²) in [5.74, 6) is 0. The number of hydrogen-bond acceptors (Lipinski definition) is 1. The number of alkyl halides is 1. The number of rotatable bonds is 5. The molecule has 0 aliphatic carbocycles. The second kappa shape index (κ2) is 6.51. The first kappa shape index (κ1) is 13.0. The average molecular weight is 310 g/mol. The Balaban J connectivity index is 2.50. The Kier molecular flexibility index (Phi) is 5.65. The fourth-order valence-electron chi connectivity index (χ4n) is 1.30. The van der Waals surface area contributed by atoms with Crippen LogP contribution in [0.4, 0.5) is 0 Å². The predicted octanol–water partition coefficient (Wildman–Crippen LogP) is 4.66. The molecule has 0 aliphatic rings. The molecule has 1 atom stereocenters. The van der Waals surface area contributed by atoms with Gasteiger partial charge >= 0.3 is 0 Å². The highest BCUT2D eigenvalue weighted by Gasteiger charge is 2.11. The molecule has 15 heavy (non-hydrogen) atoms. The highest BCUT2D eigenvalue weighted by Crippen LogP contribution is 2.31. The van der Waals surface area contributed by atoms with Gasteiger partial charge in [-0.3, -0.25) is 4.79 Å². The van der Waals surface area contributed by atoms with Crippen molar-refractivity contribution >= 4 is 44.4 Å². The summed E-state index contributed by atoms with van der Waals surface area (Å²) in [6.45, 7) is 0. The summed E-state index contributed by atoms with van der Waals surface area (Å²) >= 11 is 14.9. The molecular weight excluding hydrogens is 299 g/mol. The molecule has 0 heterocycles. The van der Waals surface area contributed by atoms with Gasteiger partial charge in [-0.25, -0.2) is 0 Å². The van der Waals surface area contributed by atoms with Gasteiger partial charge in [0.25, 0.3) is 0 Å². The monoisotopic (exact) mass is 308 g/mol. The molecule has 1 aromatic carbocycles. The van der Waals surface area contributed by atoms with Crippen molar-refractivity contribution < 1.29 is 4.79 Å². The second-order valence-corrected chi connectivity index (χ2v) is 5.04. The summed E-state index contributed by atoms with van der Waals surface area (Å²) in [5.41, 5.74) is 1.06. The number of carbonyl (C=O) groups excluding carboxylic acids is 1. The van der Waals surface area contributed by atoms with Gasteiger partial charge in [-0.2, -0.15) is 0 Å². The first-order valence-corrected chi connectivity index (χ1v) is 6.29. The van der Waals surface area contributed by atoms with E-state index in [-0.39, 0.29) is 10.6 Å². The van der Waals surface area contributed by atoms with Crippen LogP contribution in [0.5, 0.6) is 0 Å². The molecule has 0 spiro atoms. The first-order chi connectivity index (χ1) is 7.11. The number of carbonyl (C=O) groups is 1. The lowest BCUT2D eigenvalue weighted by Gasteiger charge is -2.10. The molecular formula is C11H11BrCl2O. The van der Waals surface area contributed by atoms with Gasteiger partial charge in [-0.05, 0) is 36.1 Å². The molecule has 1 aromatic rings. The number of benzene rings is 1. The molecule has 0 N–H and O–H groups in total. The third kappa shape index (κ3) is 4.54. The minimum absolute atomic E-state index is 0.0726. The van der Waals surface area contributed by atoms with Crippen LogP contribution in [0.25, 0.3) is 0 Å². The first-order valence-electron chi connectivity index (χ1n) is 4.68. The normalized spacial score (nSPS) is 12.5. The third-order valence-electron chi connectivity index (χ3n) is 2.07. The SMILES string of the molecule is O=C(Cl)CCCC(Cl)c1ccccc1Br. The van der Waals surface area contributed by atoms with Crippen LogP contribution in [0.15, 0.2) is 28.7 Å². The van der Waals surface area contributed by atoms with Crippen molar-refractivity contribution in [1.29, 1.82) is 0 Å². The van der Waals surface area contributed by atoms with Gasteiger partial charge in [-0.1, -0.05) is 34.1 Å². The predicted molar refractivity (Wildman–Crippen MR) is 67.4 cm³/mol. The van der Waals surface area contributed by atoms with Crippen molar-refractivity contribution in [2.75, 3.05) is 0 Å². The Morgan fingerprint density at radius 1 is 1.40 bits per heavy atom. The summed E-state index contributed by atoms with van der Waals surface area (Å²) in [4.78, 5) is 10.5. The standard InChI is InChI=1S/C11H11BrCl2O/c12-9-5-2-1-4-8(9)10(13)6-3-7-11(14)15/h1-2,4-5,10H,3,6-7H2. The van der Waals surface area contributed by atoms with E-state index in [0.29, 0.717) is 6.42 Å². The second-order valence-electron chi connectivity index (χ2n) is 3.24. The fourth-order valence-corrected chi connectivity index (χ4v) is 2.48. The van der Waals surface area contributed by atoms with Gasteiger partial charge in [0.1, 0.15) is 0 Å². The Bertz CT molecular complexity index is 341. The van der Waals surface area contributed by atoms with Crippen LogP contribution in [0, 0.1) is 0 Å². The molecule has 1 nitrogen and oxygen atoms in total. The third-order valence-corrected chi connectivity index (χ3v) is 3.44. The van der Waals surface area contributed by atoms with Crippen molar-refractivity contribution in [3.8, 4) is 0 Å². The minimum Gasteiger partial charge on any atom is -0.281 e. The van der Waals surface area contributed by atoms with E-state index in [1.165, 1.54) is 0 Å². The fraction of sp³-hybridized carbons (Fsp3) is 0.364. The van der Waals surface area contributed by atoms with Crippen LogP contribution < -0.4 is 0 Å². The maximum Gasteiger partial charge on any atom is 0.221 e. The maximum atomic E-state index is 10.5. The van der Waals surface area contributed by atoms with Crippen molar-refractivity contribution in [3.63, 3.8) is 0 Å². The van der Waals surface area contributed by atoms with Crippen LogP contribution >= 0.6 is 39.1 Å².